The number of amides is 2. The Hall–Kier alpha value is -1.96. The van der Waals surface area contributed by atoms with Gasteiger partial charge in [-0.2, -0.15) is 0 Å². The fourth-order valence-electron chi connectivity index (χ4n) is 1.09. The van der Waals surface area contributed by atoms with Gasteiger partial charge in [-0.25, -0.2) is 4.68 Å². The Balaban J connectivity index is 2.56. The standard InChI is InChI=1S/C8H13N5O3/c1-2-12(3-4-14)8(16)7(15)11-13-5-9-10-6-13/h5-6,14H,2-4H2,1H3,(H,11,15). The molecule has 0 aliphatic carbocycles. The van der Waals surface area contributed by atoms with Gasteiger partial charge < -0.3 is 10.0 Å². The Morgan fingerprint density at radius 3 is 2.56 bits per heavy atom. The second kappa shape index (κ2) is 5.81. The van der Waals surface area contributed by atoms with Crippen LogP contribution in [-0.2, 0) is 9.59 Å². The number of aromatic nitrogens is 3. The first kappa shape index (κ1) is 12.1. The molecule has 1 rings (SSSR count). The fourth-order valence-corrected chi connectivity index (χ4v) is 1.09. The van der Waals surface area contributed by atoms with Crippen LogP contribution in [0.1, 0.15) is 6.92 Å². The number of aliphatic hydroxyl groups excluding tert-OH is 1. The van der Waals surface area contributed by atoms with Gasteiger partial charge in [0.15, 0.2) is 0 Å². The summed E-state index contributed by atoms with van der Waals surface area (Å²) in [6, 6.07) is 0. The summed E-state index contributed by atoms with van der Waals surface area (Å²) < 4.78 is 1.17. The molecule has 8 nitrogen and oxygen atoms in total. The number of carbonyl (C=O) groups is 2. The number of rotatable bonds is 4. The van der Waals surface area contributed by atoms with Crippen molar-refractivity contribution in [3.8, 4) is 0 Å². The lowest BCUT2D eigenvalue weighted by molar-refractivity contribution is -0.143. The minimum atomic E-state index is -0.796. The molecule has 0 radical (unpaired) electrons. The van der Waals surface area contributed by atoms with E-state index in [4.69, 9.17) is 5.11 Å². The van der Waals surface area contributed by atoms with Gasteiger partial charge in [0.25, 0.3) is 0 Å². The first-order chi connectivity index (χ1) is 7.69. The number of carbonyl (C=O) groups excluding carboxylic acids is 2. The van der Waals surface area contributed by atoms with E-state index in [1.165, 1.54) is 22.2 Å². The predicted molar refractivity (Wildman–Crippen MR) is 53.7 cm³/mol. The SMILES string of the molecule is CCN(CCO)C(=O)C(=O)Nn1cnnc1. The molecular formula is C8H13N5O3. The van der Waals surface area contributed by atoms with Gasteiger partial charge in [0.1, 0.15) is 12.7 Å². The maximum atomic E-state index is 11.5. The van der Waals surface area contributed by atoms with E-state index in [-0.39, 0.29) is 13.2 Å². The number of aliphatic hydroxyl groups is 1. The molecular weight excluding hydrogens is 214 g/mol. The smallest absolute Gasteiger partial charge is 0.328 e. The number of hydrogen-bond acceptors (Lipinski definition) is 5. The van der Waals surface area contributed by atoms with E-state index >= 15 is 0 Å². The van der Waals surface area contributed by atoms with Crippen molar-refractivity contribution >= 4 is 11.8 Å². The maximum absolute atomic E-state index is 11.5. The van der Waals surface area contributed by atoms with Crippen LogP contribution in [0, 0.1) is 0 Å². The minimum absolute atomic E-state index is 0.130. The molecule has 88 valence electrons. The van der Waals surface area contributed by atoms with Crippen LogP contribution in [0.5, 0.6) is 0 Å². The molecule has 0 saturated heterocycles. The van der Waals surface area contributed by atoms with Gasteiger partial charge in [-0.05, 0) is 6.92 Å². The van der Waals surface area contributed by atoms with E-state index in [0.717, 1.165) is 0 Å². The van der Waals surface area contributed by atoms with Gasteiger partial charge in [-0.15, -0.1) is 10.2 Å². The van der Waals surface area contributed by atoms with E-state index in [1.54, 1.807) is 6.92 Å². The number of likely N-dealkylation sites (N-methyl/N-ethyl adjacent to an activating group) is 1. The third-order valence-corrected chi connectivity index (χ3v) is 1.88. The van der Waals surface area contributed by atoms with Crippen LogP contribution >= 0.6 is 0 Å². The van der Waals surface area contributed by atoms with Gasteiger partial charge >= 0.3 is 11.8 Å². The van der Waals surface area contributed by atoms with Crippen LogP contribution in [0.15, 0.2) is 12.7 Å². The fraction of sp³-hybridized carbons (Fsp3) is 0.500. The molecule has 0 aliphatic heterocycles. The Kier molecular flexibility index (Phi) is 4.40. The zero-order valence-electron chi connectivity index (χ0n) is 8.83. The van der Waals surface area contributed by atoms with Gasteiger partial charge in [-0.3, -0.25) is 15.0 Å². The molecule has 1 heterocycles. The summed E-state index contributed by atoms with van der Waals surface area (Å²) in [5.74, 6) is -1.50. The molecule has 0 aliphatic rings. The number of nitrogens with zero attached hydrogens (tertiary/aromatic N) is 4. The summed E-state index contributed by atoms with van der Waals surface area (Å²) in [7, 11) is 0. The molecule has 0 saturated carbocycles. The minimum Gasteiger partial charge on any atom is -0.395 e. The van der Waals surface area contributed by atoms with Crippen LogP contribution in [0.2, 0.25) is 0 Å². The van der Waals surface area contributed by atoms with Crippen molar-refractivity contribution in [2.24, 2.45) is 0 Å². The molecule has 0 spiro atoms. The zero-order chi connectivity index (χ0) is 12.0. The molecule has 0 atom stereocenters. The quantitative estimate of drug-likeness (QED) is 0.590. The highest BCUT2D eigenvalue weighted by Gasteiger charge is 2.20. The largest absolute Gasteiger partial charge is 0.395 e. The van der Waals surface area contributed by atoms with Crippen LogP contribution in [0.4, 0.5) is 0 Å². The summed E-state index contributed by atoms with van der Waals surface area (Å²) >= 11 is 0. The highest BCUT2D eigenvalue weighted by molar-refractivity contribution is 6.38. The van der Waals surface area contributed by atoms with Crippen molar-refractivity contribution in [2.75, 3.05) is 25.1 Å². The molecule has 1 aromatic rings. The molecule has 2 amide bonds. The van der Waals surface area contributed by atoms with Crippen molar-refractivity contribution in [1.82, 2.24) is 19.8 Å². The number of nitrogens with one attached hydrogen (secondary N) is 1. The number of hydrogen-bond donors (Lipinski definition) is 2. The van der Waals surface area contributed by atoms with Gasteiger partial charge in [-0.1, -0.05) is 0 Å². The van der Waals surface area contributed by atoms with Crippen LogP contribution in [0.3, 0.4) is 0 Å². The average Bonchev–Trinajstić information content (AvgIpc) is 2.77. The van der Waals surface area contributed by atoms with E-state index in [2.05, 4.69) is 15.6 Å². The maximum Gasteiger partial charge on any atom is 0.328 e. The summed E-state index contributed by atoms with van der Waals surface area (Å²) in [6.45, 7) is 2.03. The third kappa shape index (κ3) is 3.02. The van der Waals surface area contributed by atoms with Crippen LogP contribution in [0.25, 0.3) is 0 Å². The predicted octanol–water partition coefficient (Wildman–Crippen LogP) is -1.81. The Bertz CT molecular complexity index is 351. The van der Waals surface area contributed by atoms with Crippen molar-refractivity contribution in [2.45, 2.75) is 6.92 Å². The van der Waals surface area contributed by atoms with Crippen LogP contribution < -0.4 is 5.43 Å². The molecule has 16 heavy (non-hydrogen) atoms. The summed E-state index contributed by atoms with van der Waals surface area (Å²) in [6.07, 6.45) is 2.51. The first-order valence-corrected chi connectivity index (χ1v) is 4.74. The monoisotopic (exact) mass is 227 g/mol. The Labute approximate surface area is 91.8 Å². The summed E-state index contributed by atoms with van der Waals surface area (Å²) in [4.78, 5) is 24.2. The van der Waals surface area contributed by atoms with Gasteiger partial charge in [0.2, 0.25) is 0 Å². The Morgan fingerprint density at radius 2 is 2.06 bits per heavy atom. The van der Waals surface area contributed by atoms with Crippen LogP contribution in [-0.4, -0.2) is 56.4 Å². The van der Waals surface area contributed by atoms with E-state index in [1.807, 2.05) is 0 Å². The highest BCUT2D eigenvalue weighted by atomic mass is 16.3. The molecule has 0 bridgehead atoms. The van der Waals surface area contributed by atoms with E-state index in [9.17, 15) is 9.59 Å². The van der Waals surface area contributed by atoms with Crippen molar-refractivity contribution in [3.63, 3.8) is 0 Å². The summed E-state index contributed by atoms with van der Waals surface area (Å²) in [5, 5.41) is 15.6. The molecule has 0 aromatic carbocycles. The van der Waals surface area contributed by atoms with E-state index < -0.39 is 11.8 Å². The lowest BCUT2D eigenvalue weighted by atomic mass is 10.4. The summed E-state index contributed by atoms with van der Waals surface area (Å²) in [5.41, 5.74) is 2.27. The second-order valence-corrected chi connectivity index (χ2v) is 2.92. The third-order valence-electron chi connectivity index (χ3n) is 1.88. The molecule has 0 fully saturated rings. The van der Waals surface area contributed by atoms with Crippen molar-refractivity contribution in [3.05, 3.63) is 12.7 Å². The van der Waals surface area contributed by atoms with Gasteiger partial charge in [0, 0.05) is 13.1 Å². The van der Waals surface area contributed by atoms with Crippen molar-refractivity contribution < 1.29 is 14.7 Å². The molecule has 8 heteroatoms. The topological polar surface area (TPSA) is 100 Å². The van der Waals surface area contributed by atoms with E-state index in [0.29, 0.717) is 6.54 Å². The zero-order valence-corrected chi connectivity index (χ0v) is 8.83. The van der Waals surface area contributed by atoms with Gasteiger partial charge in [0.05, 0.1) is 6.61 Å². The highest BCUT2D eigenvalue weighted by Crippen LogP contribution is 1.90. The first-order valence-electron chi connectivity index (χ1n) is 4.74. The molecule has 2 N–H and O–H groups in total. The lowest BCUT2D eigenvalue weighted by Gasteiger charge is -2.18. The average molecular weight is 227 g/mol. The molecule has 1 aromatic heterocycles. The Morgan fingerprint density at radius 1 is 1.44 bits per heavy atom. The second-order valence-electron chi connectivity index (χ2n) is 2.92. The normalized spacial score (nSPS) is 9.88. The lowest BCUT2D eigenvalue weighted by Crippen LogP contribution is -2.42. The molecule has 0 unspecified atom stereocenters. The van der Waals surface area contributed by atoms with Crippen molar-refractivity contribution in [1.29, 1.82) is 0 Å².